The van der Waals surface area contributed by atoms with Crippen LogP contribution in [0.1, 0.15) is 30.9 Å². The maximum atomic E-state index is 12.7. The minimum atomic E-state index is -0.466. The number of anilines is 1. The average molecular weight is 400 g/mol. The predicted molar refractivity (Wildman–Crippen MR) is 112 cm³/mol. The van der Waals surface area contributed by atoms with Crippen molar-refractivity contribution >= 4 is 29.2 Å². The normalized spacial score (nSPS) is 15.8. The van der Waals surface area contributed by atoms with Gasteiger partial charge in [-0.1, -0.05) is 60.5 Å². The molecule has 0 spiro atoms. The molecule has 1 saturated heterocycles. The molecule has 5 nitrogen and oxygen atoms in total. The molecular formula is C22H26ClN3O2. The van der Waals surface area contributed by atoms with Gasteiger partial charge >= 0.3 is 6.03 Å². The van der Waals surface area contributed by atoms with Crippen molar-refractivity contribution in [3.63, 3.8) is 0 Å². The molecule has 148 valence electrons. The van der Waals surface area contributed by atoms with Crippen molar-refractivity contribution in [3.8, 4) is 0 Å². The summed E-state index contributed by atoms with van der Waals surface area (Å²) in [6.45, 7) is 5.60. The highest BCUT2D eigenvalue weighted by molar-refractivity contribution is 6.33. The molecule has 0 aliphatic carbocycles. The van der Waals surface area contributed by atoms with E-state index in [1.807, 2.05) is 50.2 Å². The number of para-hydroxylation sites is 1. The van der Waals surface area contributed by atoms with E-state index in [0.717, 1.165) is 5.56 Å². The van der Waals surface area contributed by atoms with Crippen molar-refractivity contribution in [1.29, 1.82) is 0 Å². The number of nitrogens with zero attached hydrogens (tertiary/aromatic N) is 1. The molecule has 28 heavy (non-hydrogen) atoms. The second-order valence-electron chi connectivity index (χ2n) is 7.63. The van der Waals surface area contributed by atoms with Gasteiger partial charge in [0.15, 0.2) is 0 Å². The van der Waals surface area contributed by atoms with Crippen molar-refractivity contribution in [3.05, 3.63) is 64.7 Å². The number of aryl methyl sites for hydroxylation is 1. The van der Waals surface area contributed by atoms with Gasteiger partial charge in [0.25, 0.3) is 0 Å². The van der Waals surface area contributed by atoms with Crippen molar-refractivity contribution in [2.45, 2.75) is 33.2 Å². The van der Waals surface area contributed by atoms with Crippen LogP contribution in [0.15, 0.2) is 48.5 Å². The Hall–Kier alpha value is -2.53. The zero-order chi connectivity index (χ0) is 20.1. The summed E-state index contributed by atoms with van der Waals surface area (Å²) in [4.78, 5) is 27.0. The molecule has 1 heterocycles. The smallest absolute Gasteiger partial charge is 0.321 e. The first kappa shape index (κ1) is 20.2. The lowest BCUT2D eigenvalue weighted by Crippen LogP contribution is -2.49. The van der Waals surface area contributed by atoms with Crippen molar-refractivity contribution in [2.75, 3.05) is 18.4 Å². The summed E-state index contributed by atoms with van der Waals surface area (Å²) in [5.74, 6) is 0.0410. The minimum Gasteiger partial charge on any atom is -0.352 e. The number of likely N-dealkylation sites (tertiary alicyclic amines) is 1. The first-order chi connectivity index (χ1) is 13.4. The summed E-state index contributed by atoms with van der Waals surface area (Å²) in [5, 5.41) is 6.39. The average Bonchev–Trinajstić information content (AvgIpc) is 2.69. The quantitative estimate of drug-likeness (QED) is 0.789. The molecule has 0 unspecified atom stereocenters. The number of piperidine rings is 1. The van der Waals surface area contributed by atoms with Gasteiger partial charge in [-0.2, -0.15) is 0 Å². The molecule has 0 aromatic heterocycles. The van der Waals surface area contributed by atoms with Crippen LogP contribution in [-0.4, -0.2) is 29.9 Å². The van der Waals surface area contributed by atoms with Crippen LogP contribution >= 0.6 is 11.6 Å². The molecule has 0 atom stereocenters. The lowest BCUT2D eigenvalue weighted by Gasteiger charge is -2.38. The molecule has 1 fully saturated rings. The number of benzene rings is 2. The molecule has 0 bridgehead atoms. The van der Waals surface area contributed by atoms with E-state index in [0.29, 0.717) is 43.2 Å². The van der Waals surface area contributed by atoms with Gasteiger partial charge in [0, 0.05) is 25.0 Å². The number of carbonyl (C=O) groups is 2. The topological polar surface area (TPSA) is 61.4 Å². The maximum absolute atomic E-state index is 12.7. The highest BCUT2D eigenvalue weighted by Crippen LogP contribution is 2.32. The summed E-state index contributed by atoms with van der Waals surface area (Å²) in [6, 6.07) is 15.1. The van der Waals surface area contributed by atoms with Crippen LogP contribution in [0.5, 0.6) is 0 Å². The molecule has 3 amide bonds. The fourth-order valence-electron chi connectivity index (χ4n) is 3.29. The first-order valence-electron chi connectivity index (χ1n) is 9.52. The molecular weight excluding hydrogens is 374 g/mol. The number of hydrogen-bond acceptors (Lipinski definition) is 2. The van der Waals surface area contributed by atoms with E-state index in [4.69, 9.17) is 11.6 Å². The number of carbonyl (C=O) groups excluding carboxylic acids is 2. The van der Waals surface area contributed by atoms with E-state index < -0.39 is 5.41 Å². The Balaban J connectivity index is 1.51. The number of amides is 3. The van der Waals surface area contributed by atoms with Gasteiger partial charge in [-0.25, -0.2) is 4.79 Å². The minimum absolute atomic E-state index is 0.0410. The van der Waals surface area contributed by atoms with E-state index in [9.17, 15) is 9.59 Å². The monoisotopic (exact) mass is 399 g/mol. The molecule has 0 radical (unpaired) electrons. The molecule has 0 saturated carbocycles. The Morgan fingerprint density at radius 3 is 2.36 bits per heavy atom. The molecule has 6 heteroatoms. The van der Waals surface area contributed by atoms with Gasteiger partial charge < -0.3 is 15.5 Å². The second kappa shape index (κ2) is 8.65. The Morgan fingerprint density at radius 1 is 1.07 bits per heavy atom. The Labute approximate surface area is 171 Å². The van der Waals surface area contributed by atoms with Crippen molar-refractivity contribution in [2.24, 2.45) is 5.41 Å². The molecule has 2 aromatic rings. The van der Waals surface area contributed by atoms with Crippen LogP contribution in [0, 0.1) is 12.3 Å². The van der Waals surface area contributed by atoms with Gasteiger partial charge in [-0.3, -0.25) is 4.79 Å². The summed E-state index contributed by atoms with van der Waals surface area (Å²) in [7, 11) is 0. The highest BCUT2D eigenvalue weighted by Gasteiger charge is 2.38. The lowest BCUT2D eigenvalue weighted by molar-refractivity contribution is -0.132. The molecule has 2 aromatic carbocycles. The van der Waals surface area contributed by atoms with Gasteiger partial charge in [-0.15, -0.1) is 0 Å². The van der Waals surface area contributed by atoms with E-state index in [-0.39, 0.29) is 11.9 Å². The Bertz CT molecular complexity index is 843. The van der Waals surface area contributed by atoms with Gasteiger partial charge in [0.1, 0.15) is 0 Å². The Kier molecular flexibility index (Phi) is 6.25. The lowest BCUT2D eigenvalue weighted by atomic mass is 9.79. The number of halogens is 1. The van der Waals surface area contributed by atoms with Crippen LogP contribution in [-0.2, 0) is 11.3 Å². The standard InChI is InChI=1S/C22H26ClN3O2/c1-16-7-9-17(10-8-16)15-24-20(27)22(2)11-13-26(14-12-22)21(28)25-19-6-4-3-5-18(19)23/h3-10H,11-15H2,1-2H3,(H,24,27)(H,25,28). The maximum Gasteiger partial charge on any atom is 0.321 e. The fourth-order valence-corrected chi connectivity index (χ4v) is 3.47. The second-order valence-corrected chi connectivity index (χ2v) is 8.03. The summed E-state index contributed by atoms with van der Waals surface area (Å²) >= 11 is 6.10. The van der Waals surface area contributed by atoms with Crippen LogP contribution in [0.2, 0.25) is 5.02 Å². The zero-order valence-electron chi connectivity index (χ0n) is 16.3. The Morgan fingerprint density at radius 2 is 1.71 bits per heavy atom. The van der Waals surface area contributed by atoms with Gasteiger partial charge in [0.2, 0.25) is 5.91 Å². The SMILES string of the molecule is Cc1ccc(CNC(=O)C2(C)CCN(C(=O)Nc3ccccc3Cl)CC2)cc1. The van der Waals surface area contributed by atoms with Crippen LogP contribution < -0.4 is 10.6 Å². The summed E-state index contributed by atoms with van der Waals surface area (Å²) in [6.07, 6.45) is 1.26. The molecule has 1 aliphatic rings. The van der Waals surface area contributed by atoms with Gasteiger partial charge in [0.05, 0.1) is 10.7 Å². The van der Waals surface area contributed by atoms with E-state index in [1.165, 1.54) is 5.56 Å². The van der Waals surface area contributed by atoms with Crippen molar-refractivity contribution in [1.82, 2.24) is 10.2 Å². The summed E-state index contributed by atoms with van der Waals surface area (Å²) in [5.41, 5.74) is 2.41. The van der Waals surface area contributed by atoms with Crippen LogP contribution in [0.25, 0.3) is 0 Å². The summed E-state index contributed by atoms with van der Waals surface area (Å²) < 4.78 is 0. The number of hydrogen-bond donors (Lipinski definition) is 2. The largest absolute Gasteiger partial charge is 0.352 e. The fraction of sp³-hybridized carbons (Fsp3) is 0.364. The molecule has 1 aliphatic heterocycles. The first-order valence-corrected chi connectivity index (χ1v) is 9.89. The highest BCUT2D eigenvalue weighted by atomic mass is 35.5. The van der Waals surface area contributed by atoms with Crippen molar-refractivity contribution < 1.29 is 9.59 Å². The van der Waals surface area contributed by atoms with E-state index >= 15 is 0 Å². The number of nitrogens with one attached hydrogen (secondary N) is 2. The third-order valence-corrected chi connectivity index (χ3v) is 5.72. The third-order valence-electron chi connectivity index (χ3n) is 5.39. The van der Waals surface area contributed by atoms with Crippen LogP contribution in [0.3, 0.4) is 0 Å². The number of urea groups is 1. The zero-order valence-corrected chi connectivity index (χ0v) is 17.1. The van der Waals surface area contributed by atoms with Crippen LogP contribution in [0.4, 0.5) is 10.5 Å². The number of rotatable bonds is 4. The van der Waals surface area contributed by atoms with E-state index in [2.05, 4.69) is 10.6 Å². The molecule has 2 N–H and O–H groups in total. The third kappa shape index (κ3) is 4.84. The van der Waals surface area contributed by atoms with Gasteiger partial charge in [-0.05, 0) is 37.5 Å². The van der Waals surface area contributed by atoms with E-state index in [1.54, 1.807) is 17.0 Å². The predicted octanol–water partition coefficient (Wildman–Crippen LogP) is 4.60. The molecule has 3 rings (SSSR count).